The van der Waals surface area contributed by atoms with E-state index in [1.54, 1.807) is 13.2 Å². The molecule has 34 heavy (non-hydrogen) atoms. The molecule has 1 aliphatic heterocycles. The van der Waals surface area contributed by atoms with Crippen LogP contribution in [0.3, 0.4) is 0 Å². The summed E-state index contributed by atoms with van der Waals surface area (Å²) in [5.41, 5.74) is 2.05. The number of benzene rings is 2. The van der Waals surface area contributed by atoms with Crippen LogP contribution in [-0.4, -0.2) is 71.5 Å². The minimum atomic E-state index is -0.872. The van der Waals surface area contributed by atoms with Crippen LogP contribution in [0.25, 0.3) is 11.1 Å². The van der Waals surface area contributed by atoms with Crippen molar-refractivity contribution >= 4 is 29.3 Å². The molecule has 2 aromatic rings. The molecule has 1 heterocycles. The molecule has 8 heteroatoms. The van der Waals surface area contributed by atoms with E-state index < -0.39 is 11.7 Å². The fraction of sp³-hybridized carbons (Fsp3) is 0.500. The average Bonchev–Trinajstić information content (AvgIpc) is 2.84. The van der Waals surface area contributed by atoms with Crippen molar-refractivity contribution in [3.05, 3.63) is 52.0 Å². The van der Waals surface area contributed by atoms with E-state index in [1.807, 2.05) is 24.3 Å². The normalized spacial score (nSPS) is 19.6. The van der Waals surface area contributed by atoms with Crippen LogP contribution in [0.15, 0.2) is 36.4 Å². The molecule has 4 rings (SSSR count). The summed E-state index contributed by atoms with van der Waals surface area (Å²) in [4.78, 5) is 15.1. The van der Waals surface area contributed by atoms with Gasteiger partial charge in [0.25, 0.3) is 0 Å². The SMILES string of the molecule is COc1ccc(C(CN2CCN(C(=O)O)CC2)C2(O)CCCCC2)cc1-c1ccc(Cl)c(Cl)c1. The van der Waals surface area contributed by atoms with Crippen molar-refractivity contribution in [3.8, 4) is 16.9 Å². The molecule has 184 valence electrons. The van der Waals surface area contributed by atoms with Gasteiger partial charge in [0.05, 0.1) is 22.8 Å². The summed E-state index contributed by atoms with van der Waals surface area (Å²) in [7, 11) is 1.64. The van der Waals surface area contributed by atoms with Gasteiger partial charge in [-0.2, -0.15) is 0 Å². The lowest BCUT2D eigenvalue weighted by atomic mass is 9.72. The van der Waals surface area contributed by atoms with Gasteiger partial charge in [0.15, 0.2) is 0 Å². The number of aliphatic hydroxyl groups is 1. The van der Waals surface area contributed by atoms with E-state index in [2.05, 4.69) is 11.0 Å². The predicted molar refractivity (Wildman–Crippen MR) is 135 cm³/mol. The largest absolute Gasteiger partial charge is 0.496 e. The molecule has 1 saturated heterocycles. The van der Waals surface area contributed by atoms with E-state index in [-0.39, 0.29) is 5.92 Å². The summed E-state index contributed by atoms with van der Waals surface area (Å²) >= 11 is 12.4. The lowest BCUT2D eigenvalue weighted by molar-refractivity contribution is -0.0338. The zero-order chi connectivity index (χ0) is 24.3. The lowest BCUT2D eigenvalue weighted by Crippen LogP contribution is -2.51. The van der Waals surface area contributed by atoms with Crippen LogP contribution >= 0.6 is 23.2 Å². The molecule has 1 unspecified atom stereocenters. The van der Waals surface area contributed by atoms with Crippen molar-refractivity contribution in [2.24, 2.45) is 0 Å². The Morgan fingerprint density at radius 2 is 1.74 bits per heavy atom. The van der Waals surface area contributed by atoms with E-state index in [1.165, 1.54) is 4.90 Å². The first kappa shape index (κ1) is 25.1. The molecule has 2 fully saturated rings. The van der Waals surface area contributed by atoms with Crippen LogP contribution in [0.5, 0.6) is 5.75 Å². The fourth-order valence-electron chi connectivity index (χ4n) is 5.31. The second-order valence-electron chi connectivity index (χ2n) is 9.38. The van der Waals surface area contributed by atoms with Gasteiger partial charge in [0.2, 0.25) is 0 Å². The molecule has 0 radical (unpaired) electrons. The smallest absolute Gasteiger partial charge is 0.407 e. The van der Waals surface area contributed by atoms with E-state index >= 15 is 0 Å². The molecule has 0 spiro atoms. The summed E-state index contributed by atoms with van der Waals surface area (Å²) in [6.45, 7) is 2.97. The number of amides is 1. The number of carboxylic acid groups (broad SMARTS) is 1. The summed E-state index contributed by atoms with van der Waals surface area (Å²) in [6, 6.07) is 11.6. The maximum absolute atomic E-state index is 11.8. The van der Waals surface area contributed by atoms with Gasteiger partial charge in [-0.1, -0.05) is 54.6 Å². The second kappa shape index (κ2) is 10.7. The van der Waals surface area contributed by atoms with E-state index in [9.17, 15) is 15.0 Å². The zero-order valence-corrected chi connectivity index (χ0v) is 21.0. The van der Waals surface area contributed by atoms with Crippen molar-refractivity contribution < 1.29 is 19.7 Å². The topological polar surface area (TPSA) is 73.2 Å². The Labute approximate surface area is 211 Å². The summed E-state index contributed by atoms with van der Waals surface area (Å²) in [5, 5.41) is 22.1. The first-order chi connectivity index (χ1) is 16.3. The maximum atomic E-state index is 11.8. The van der Waals surface area contributed by atoms with Crippen molar-refractivity contribution in [1.82, 2.24) is 9.80 Å². The number of nitrogens with zero attached hydrogens (tertiary/aromatic N) is 2. The predicted octanol–water partition coefficient (Wildman–Crippen LogP) is 5.74. The molecule has 0 aromatic heterocycles. The third-order valence-electron chi connectivity index (χ3n) is 7.31. The number of carbonyl (C=O) groups is 1. The minimum Gasteiger partial charge on any atom is -0.496 e. The number of ether oxygens (including phenoxy) is 1. The van der Waals surface area contributed by atoms with Gasteiger partial charge in [-0.15, -0.1) is 0 Å². The number of halogens is 2. The Morgan fingerprint density at radius 1 is 1.03 bits per heavy atom. The first-order valence-corrected chi connectivity index (χ1v) is 12.6. The highest BCUT2D eigenvalue weighted by Gasteiger charge is 2.40. The van der Waals surface area contributed by atoms with E-state index in [0.29, 0.717) is 42.8 Å². The Bertz CT molecular complexity index is 1020. The third-order valence-corrected chi connectivity index (χ3v) is 8.05. The Morgan fingerprint density at radius 3 is 2.35 bits per heavy atom. The molecule has 0 bridgehead atoms. The number of hydrogen-bond acceptors (Lipinski definition) is 4. The van der Waals surface area contributed by atoms with Gasteiger partial charge >= 0.3 is 6.09 Å². The maximum Gasteiger partial charge on any atom is 0.407 e. The highest BCUT2D eigenvalue weighted by molar-refractivity contribution is 6.42. The molecule has 1 atom stereocenters. The van der Waals surface area contributed by atoms with Crippen LogP contribution in [-0.2, 0) is 0 Å². The number of methoxy groups -OCH3 is 1. The molecule has 1 amide bonds. The van der Waals surface area contributed by atoms with Crippen molar-refractivity contribution in [2.75, 3.05) is 39.8 Å². The summed E-state index contributed by atoms with van der Waals surface area (Å²) in [5.74, 6) is 0.628. The van der Waals surface area contributed by atoms with Crippen LogP contribution in [0.2, 0.25) is 10.0 Å². The van der Waals surface area contributed by atoms with Crippen LogP contribution < -0.4 is 4.74 Å². The van der Waals surface area contributed by atoms with E-state index in [4.69, 9.17) is 27.9 Å². The quantitative estimate of drug-likeness (QED) is 0.522. The molecular formula is C26H32Cl2N2O4. The molecule has 6 nitrogen and oxygen atoms in total. The fourth-order valence-corrected chi connectivity index (χ4v) is 5.61. The standard InChI is InChI=1S/C26H32Cl2N2O4/c1-34-24-8-6-19(15-20(24)18-5-7-22(27)23(28)16-18)21(26(33)9-3-2-4-10-26)17-29-11-13-30(14-12-29)25(31)32/h5-8,15-16,21,33H,2-4,9-14,17H2,1H3,(H,31,32). The van der Waals surface area contributed by atoms with Crippen molar-refractivity contribution in [1.29, 1.82) is 0 Å². The van der Waals surface area contributed by atoms with Crippen molar-refractivity contribution in [2.45, 2.75) is 43.6 Å². The molecule has 2 aliphatic rings. The van der Waals surface area contributed by atoms with Crippen LogP contribution in [0.1, 0.15) is 43.6 Å². The molecule has 2 N–H and O–H groups in total. The number of piperazine rings is 1. The van der Waals surface area contributed by atoms with Gasteiger partial charge in [0.1, 0.15) is 5.75 Å². The minimum absolute atomic E-state index is 0.100. The molecular weight excluding hydrogens is 475 g/mol. The van der Waals surface area contributed by atoms with Gasteiger partial charge in [-0.05, 0) is 48.2 Å². The molecule has 1 aliphatic carbocycles. The zero-order valence-electron chi connectivity index (χ0n) is 19.5. The summed E-state index contributed by atoms with van der Waals surface area (Å²) < 4.78 is 5.65. The molecule has 2 aromatic carbocycles. The number of rotatable bonds is 6. The lowest BCUT2D eigenvalue weighted by Gasteiger charge is -2.43. The monoisotopic (exact) mass is 506 g/mol. The molecule has 1 saturated carbocycles. The van der Waals surface area contributed by atoms with Gasteiger partial charge in [-0.25, -0.2) is 4.79 Å². The Balaban J connectivity index is 1.68. The Kier molecular flexibility index (Phi) is 7.93. The highest BCUT2D eigenvalue weighted by atomic mass is 35.5. The van der Waals surface area contributed by atoms with Crippen LogP contribution in [0, 0.1) is 0 Å². The third kappa shape index (κ3) is 5.46. The Hall–Kier alpha value is -1.99. The highest BCUT2D eigenvalue weighted by Crippen LogP contribution is 2.43. The van der Waals surface area contributed by atoms with Gasteiger partial charge < -0.3 is 19.8 Å². The van der Waals surface area contributed by atoms with E-state index in [0.717, 1.165) is 54.5 Å². The average molecular weight is 507 g/mol. The number of hydrogen-bond donors (Lipinski definition) is 2. The van der Waals surface area contributed by atoms with Crippen molar-refractivity contribution in [3.63, 3.8) is 0 Å². The second-order valence-corrected chi connectivity index (χ2v) is 10.2. The first-order valence-electron chi connectivity index (χ1n) is 11.9. The summed E-state index contributed by atoms with van der Waals surface area (Å²) in [6.07, 6.45) is 3.82. The van der Waals surface area contributed by atoms with Gasteiger partial charge in [-0.3, -0.25) is 4.90 Å². The van der Waals surface area contributed by atoms with Crippen LogP contribution in [0.4, 0.5) is 4.79 Å². The van der Waals surface area contributed by atoms with Gasteiger partial charge in [0, 0.05) is 44.2 Å².